The Morgan fingerprint density at radius 2 is 1.84 bits per heavy atom. The number of halogens is 5. The van der Waals surface area contributed by atoms with Crippen molar-refractivity contribution in [3.8, 4) is 11.3 Å². The van der Waals surface area contributed by atoms with E-state index < -0.39 is 60.5 Å². The molecule has 1 aliphatic rings. The number of aliphatic hydroxyl groups excluding tert-OH is 2. The molecule has 3 N–H and O–H groups in total. The molecule has 0 unspecified atom stereocenters. The molecule has 2 aromatic carbocycles. The maximum absolute atomic E-state index is 13.8. The van der Waals surface area contributed by atoms with Gasteiger partial charge in [0.25, 0.3) is 0 Å². The second-order valence-corrected chi connectivity index (χ2v) is 9.22. The molecule has 2 heterocycles. The fourth-order valence-corrected chi connectivity index (χ4v) is 4.47. The molecule has 202 valence electrons. The topological polar surface area (TPSA) is 127 Å². The van der Waals surface area contributed by atoms with E-state index in [1.165, 1.54) is 6.20 Å². The van der Waals surface area contributed by atoms with Gasteiger partial charge in [0.1, 0.15) is 36.2 Å². The number of rotatable bonds is 8. The Balaban J connectivity index is 1.73. The van der Waals surface area contributed by atoms with Gasteiger partial charge in [-0.3, -0.25) is 0 Å². The molecule has 1 saturated heterocycles. The number of hydrogen-bond acceptors (Lipinski definition) is 7. The van der Waals surface area contributed by atoms with E-state index >= 15 is 0 Å². The van der Waals surface area contributed by atoms with Crippen molar-refractivity contribution in [3.63, 3.8) is 0 Å². The second-order valence-electron chi connectivity index (χ2n) is 8.41. The number of aromatic nitrogens is 3. The number of hydrogen-bond donors (Lipinski definition) is 3. The Bertz CT molecular complexity index is 1330. The van der Waals surface area contributed by atoms with Crippen molar-refractivity contribution in [1.29, 1.82) is 0 Å². The zero-order valence-corrected chi connectivity index (χ0v) is 20.7. The van der Waals surface area contributed by atoms with E-state index in [1.807, 2.05) is 0 Å². The quantitative estimate of drug-likeness (QED) is 0.212. The van der Waals surface area contributed by atoms with E-state index in [0.29, 0.717) is 10.6 Å². The maximum Gasteiger partial charge on any atom is 0.331 e. The molecular formula is C24H20Cl2F3N3O6. The average molecular weight is 574 g/mol. The third-order valence-corrected chi connectivity index (χ3v) is 6.66. The molecule has 9 nitrogen and oxygen atoms in total. The minimum Gasteiger partial charge on any atom is -0.493 e. The molecule has 14 heteroatoms. The molecule has 1 aromatic heterocycles. The number of nitrogens with zero attached hydrogens (tertiary/aromatic N) is 3. The lowest BCUT2D eigenvalue weighted by Gasteiger charge is -2.43. The first-order valence-corrected chi connectivity index (χ1v) is 11.8. The summed E-state index contributed by atoms with van der Waals surface area (Å²) in [6.45, 7) is -0.594. The second kappa shape index (κ2) is 11.7. The lowest BCUT2D eigenvalue weighted by atomic mass is 9.89. The minimum atomic E-state index is -1.64. The van der Waals surface area contributed by atoms with Crippen LogP contribution in [0.25, 0.3) is 11.3 Å². The predicted octanol–water partition coefficient (Wildman–Crippen LogP) is 3.56. The van der Waals surface area contributed by atoms with Crippen LogP contribution in [0.5, 0.6) is 0 Å². The van der Waals surface area contributed by atoms with Gasteiger partial charge in [0, 0.05) is 12.0 Å². The van der Waals surface area contributed by atoms with E-state index in [-0.39, 0.29) is 22.7 Å². The molecule has 0 spiro atoms. The number of ether oxygens (including phenoxy) is 2. The summed E-state index contributed by atoms with van der Waals surface area (Å²) < 4.78 is 53.7. The summed E-state index contributed by atoms with van der Waals surface area (Å²) in [6.07, 6.45) is -1.53. The van der Waals surface area contributed by atoms with E-state index in [4.69, 9.17) is 37.8 Å². The van der Waals surface area contributed by atoms with Crippen LogP contribution in [-0.4, -0.2) is 67.3 Å². The molecule has 1 aliphatic heterocycles. The average Bonchev–Trinajstić information content (AvgIpc) is 3.35. The van der Waals surface area contributed by atoms with Gasteiger partial charge in [-0.15, -0.1) is 5.10 Å². The summed E-state index contributed by atoms with van der Waals surface area (Å²) in [4.78, 5) is 11.0. The molecule has 0 aliphatic carbocycles. The third-order valence-electron chi connectivity index (χ3n) is 5.93. The van der Waals surface area contributed by atoms with Gasteiger partial charge in [0.15, 0.2) is 17.5 Å². The van der Waals surface area contributed by atoms with Crippen molar-refractivity contribution in [1.82, 2.24) is 15.0 Å². The number of carboxylic acid groups (broad SMARTS) is 1. The van der Waals surface area contributed by atoms with Crippen molar-refractivity contribution in [2.75, 3.05) is 6.61 Å². The summed E-state index contributed by atoms with van der Waals surface area (Å²) in [7, 11) is 0. The van der Waals surface area contributed by atoms with Crippen LogP contribution in [0.2, 0.25) is 10.0 Å². The zero-order valence-electron chi connectivity index (χ0n) is 19.2. The van der Waals surface area contributed by atoms with Crippen molar-refractivity contribution < 1.29 is 42.8 Å². The number of aliphatic carboxylic acids is 1. The molecule has 5 atom stereocenters. The Morgan fingerprint density at radius 3 is 2.47 bits per heavy atom. The smallest absolute Gasteiger partial charge is 0.331 e. The largest absolute Gasteiger partial charge is 0.493 e. The summed E-state index contributed by atoms with van der Waals surface area (Å²) in [5.74, 6) is -5.79. The van der Waals surface area contributed by atoms with Gasteiger partial charge in [-0.25, -0.2) is 22.6 Å². The van der Waals surface area contributed by atoms with Gasteiger partial charge in [-0.2, -0.15) is 0 Å². The highest BCUT2D eigenvalue weighted by molar-refractivity contribution is 6.42. The van der Waals surface area contributed by atoms with Crippen LogP contribution in [0, 0.1) is 17.5 Å². The van der Waals surface area contributed by atoms with Gasteiger partial charge < -0.3 is 24.8 Å². The molecular weight excluding hydrogens is 554 g/mol. The van der Waals surface area contributed by atoms with Crippen LogP contribution in [0.1, 0.15) is 11.6 Å². The third kappa shape index (κ3) is 5.94. The minimum absolute atomic E-state index is 0.0529. The van der Waals surface area contributed by atoms with Crippen LogP contribution < -0.4 is 0 Å². The highest BCUT2D eigenvalue weighted by Crippen LogP contribution is 2.35. The SMILES string of the molecule is O=C(O)/C=C\O[C@@H]1[C@@H](n2cc(-c3cc(F)c(F)c(F)c3)nn2)[C@@H](O)[C@@H](CO)O[C@@H]1Cc1ccc(Cl)c(Cl)c1. The summed E-state index contributed by atoms with van der Waals surface area (Å²) in [5.41, 5.74) is 0.481. The van der Waals surface area contributed by atoms with Gasteiger partial charge in [-0.05, 0) is 29.8 Å². The number of carbonyl (C=O) groups is 1. The fourth-order valence-electron chi connectivity index (χ4n) is 4.15. The fraction of sp³-hybridized carbons (Fsp3) is 0.292. The van der Waals surface area contributed by atoms with Crippen molar-refractivity contribution in [2.45, 2.75) is 36.9 Å². The lowest BCUT2D eigenvalue weighted by molar-refractivity contribution is -0.206. The van der Waals surface area contributed by atoms with Crippen LogP contribution in [0.3, 0.4) is 0 Å². The summed E-state index contributed by atoms with van der Waals surface area (Å²) >= 11 is 12.1. The molecule has 4 rings (SSSR count). The van der Waals surface area contributed by atoms with Crippen LogP contribution in [-0.2, 0) is 20.7 Å². The van der Waals surface area contributed by atoms with E-state index in [1.54, 1.807) is 18.2 Å². The molecule has 38 heavy (non-hydrogen) atoms. The zero-order chi connectivity index (χ0) is 27.6. The molecule has 1 fully saturated rings. The van der Waals surface area contributed by atoms with Crippen LogP contribution in [0.4, 0.5) is 13.2 Å². The first-order valence-electron chi connectivity index (χ1n) is 11.1. The van der Waals surface area contributed by atoms with Crippen molar-refractivity contribution >= 4 is 29.2 Å². The maximum atomic E-state index is 13.8. The predicted molar refractivity (Wildman–Crippen MR) is 128 cm³/mol. The Kier molecular flexibility index (Phi) is 8.58. The molecule has 0 amide bonds. The van der Waals surface area contributed by atoms with Gasteiger partial charge >= 0.3 is 5.97 Å². The first kappa shape index (κ1) is 27.9. The Labute approximate surface area is 223 Å². The summed E-state index contributed by atoms with van der Waals surface area (Å²) in [5, 5.41) is 38.3. The van der Waals surface area contributed by atoms with Gasteiger partial charge in [0.2, 0.25) is 0 Å². The van der Waals surface area contributed by atoms with Gasteiger partial charge in [0.05, 0.1) is 35.2 Å². The molecule has 0 radical (unpaired) electrons. The number of carboxylic acids is 1. The number of benzene rings is 2. The normalized spacial score (nSPS) is 23.6. The summed E-state index contributed by atoms with van der Waals surface area (Å²) in [6, 6.07) is 5.20. The lowest BCUT2D eigenvalue weighted by Crippen LogP contribution is -2.57. The standard InChI is InChI=1S/C24H20Cl2F3N3O6/c25-13-2-1-11(5-14(13)26)6-18-24(37-4-3-20(34)35)22(23(36)19(10-33)38-18)32-9-17(30-31-32)12-7-15(27)21(29)16(28)8-12/h1-5,7-9,18-19,22-24,33,36H,6,10H2,(H,34,35)/b4-3-/t18-,19-,22+,23+,24+/m1/s1. The number of aliphatic hydroxyl groups is 2. The van der Waals surface area contributed by atoms with E-state index in [0.717, 1.165) is 29.2 Å². The molecule has 0 saturated carbocycles. The molecule has 3 aromatic rings. The Hall–Kier alpha value is -3.16. The Morgan fingerprint density at radius 1 is 1.13 bits per heavy atom. The van der Waals surface area contributed by atoms with E-state index in [9.17, 15) is 28.2 Å². The molecule has 0 bridgehead atoms. The van der Waals surface area contributed by atoms with E-state index in [2.05, 4.69) is 10.3 Å². The van der Waals surface area contributed by atoms with Gasteiger partial charge in [-0.1, -0.05) is 34.5 Å². The van der Waals surface area contributed by atoms with Crippen LogP contribution >= 0.6 is 23.2 Å². The monoisotopic (exact) mass is 573 g/mol. The van der Waals surface area contributed by atoms with Crippen LogP contribution in [0.15, 0.2) is 48.9 Å². The first-order chi connectivity index (χ1) is 18.1. The van der Waals surface area contributed by atoms with Crippen molar-refractivity contribution in [3.05, 3.63) is 81.9 Å². The highest BCUT2D eigenvalue weighted by atomic mass is 35.5. The van der Waals surface area contributed by atoms with Crippen molar-refractivity contribution in [2.24, 2.45) is 0 Å². The highest BCUT2D eigenvalue weighted by Gasteiger charge is 2.48.